The second kappa shape index (κ2) is 6.08. The molecule has 0 aliphatic rings. The van der Waals surface area contributed by atoms with Crippen molar-refractivity contribution in [2.75, 3.05) is 0 Å². The average Bonchev–Trinajstić information content (AvgIpc) is 2.47. The molecule has 0 unspecified atom stereocenters. The van der Waals surface area contributed by atoms with Crippen LogP contribution >= 0.6 is 0 Å². The smallest absolute Gasteiger partial charge is 0.308 e. The highest BCUT2D eigenvalue weighted by Crippen LogP contribution is 2.27. The molecule has 0 saturated carbocycles. The summed E-state index contributed by atoms with van der Waals surface area (Å²) in [5.41, 5.74) is 1.92. The van der Waals surface area contributed by atoms with Crippen molar-refractivity contribution in [3.05, 3.63) is 65.0 Å². The third-order valence-electron chi connectivity index (χ3n) is 4.08. The molecule has 0 saturated heterocycles. The molecule has 22 heavy (non-hydrogen) atoms. The van der Waals surface area contributed by atoms with Gasteiger partial charge in [0.2, 0.25) is 9.84 Å². The molecule has 118 valence electrons. The standard InChI is InChI=1S/C17H21NO3S/c1-4-17(2,3)15-10-8-14(9-11-15)13-22(20,21)16-7-5-6-12-18(16)19/h5-12H,4,13H2,1-3H3. The summed E-state index contributed by atoms with van der Waals surface area (Å²) in [6.45, 7) is 6.44. The summed E-state index contributed by atoms with van der Waals surface area (Å²) >= 11 is 0. The van der Waals surface area contributed by atoms with E-state index < -0.39 is 9.84 Å². The molecule has 2 rings (SSSR count). The van der Waals surface area contributed by atoms with Gasteiger partial charge in [-0.05, 0) is 29.0 Å². The molecule has 0 amide bonds. The Balaban J connectivity index is 2.26. The molecule has 0 fully saturated rings. The van der Waals surface area contributed by atoms with Gasteiger partial charge >= 0.3 is 5.03 Å². The molecule has 0 bridgehead atoms. The molecule has 4 nitrogen and oxygen atoms in total. The van der Waals surface area contributed by atoms with Gasteiger partial charge in [-0.15, -0.1) is 0 Å². The van der Waals surface area contributed by atoms with Crippen molar-refractivity contribution in [2.24, 2.45) is 0 Å². The summed E-state index contributed by atoms with van der Waals surface area (Å²) in [6, 6.07) is 12.0. The van der Waals surface area contributed by atoms with E-state index >= 15 is 0 Å². The zero-order chi connectivity index (χ0) is 16.4. The molecule has 0 radical (unpaired) electrons. The highest BCUT2D eigenvalue weighted by atomic mass is 32.2. The Hall–Kier alpha value is -1.88. The van der Waals surface area contributed by atoms with Crippen LogP contribution in [0.3, 0.4) is 0 Å². The predicted octanol–water partition coefficient (Wildman–Crippen LogP) is 2.98. The van der Waals surface area contributed by atoms with Crippen LogP contribution in [0.5, 0.6) is 0 Å². The minimum Gasteiger partial charge on any atom is -0.618 e. The fourth-order valence-electron chi connectivity index (χ4n) is 2.20. The first-order chi connectivity index (χ1) is 10.3. The minimum absolute atomic E-state index is 0.0644. The van der Waals surface area contributed by atoms with E-state index in [0.717, 1.165) is 6.42 Å². The third-order valence-corrected chi connectivity index (χ3v) is 5.75. The summed E-state index contributed by atoms with van der Waals surface area (Å²) < 4.78 is 25.1. The topological polar surface area (TPSA) is 61.1 Å². The first-order valence-corrected chi connectivity index (χ1v) is 8.92. The van der Waals surface area contributed by atoms with Crippen LogP contribution in [0, 0.1) is 5.21 Å². The number of benzene rings is 1. The highest BCUT2D eigenvalue weighted by Gasteiger charge is 2.24. The normalized spacial score (nSPS) is 12.3. The fraction of sp³-hybridized carbons (Fsp3) is 0.353. The molecule has 1 aromatic carbocycles. The first-order valence-electron chi connectivity index (χ1n) is 7.26. The number of hydrogen-bond acceptors (Lipinski definition) is 3. The highest BCUT2D eigenvalue weighted by molar-refractivity contribution is 7.90. The van der Waals surface area contributed by atoms with E-state index in [-0.39, 0.29) is 16.2 Å². The summed E-state index contributed by atoms with van der Waals surface area (Å²) in [5.74, 6) is -0.175. The zero-order valence-corrected chi connectivity index (χ0v) is 13.9. The van der Waals surface area contributed by atoms with Gasteiger partial charge < -0.3 is 5.21 Å². The van der Waals surface area contributed by atoms with E-state index in [2.05, 4.69) is 20.8 Å². The van der Waals surface area contributed by atoms with Crippen molar-refractivity contribution >= 4 is 9.84 Å². The van der Waals surface area contributed by atoms with E-state index in [1.807, 2.05) is 24.3 Å². The van der Waals surface area contributed by atoms with Crippen LogP contribution in [-0.4, -0.2) is 8.42 Å². The molecular formula is C17H21NO3S. The lowest BCUT2D eigenvalue weighted by Gasteiger charge is -2.23. The molecular weight excluding hydrogens is 298 g/mol. The van der Waals surface area contributed by atoms with Gasteiger partial charge in [-0.3, -0.25) is 0 Å². The number of nitrogens with zero attached hydrogens (tertiary/aromatic N) is 1. The van der Waals surface area contributed by atoms with Crippen molar-refractivity contribution in [1.29, 1.82) is 0 Å². The number of rotatable bonds is 5. The Labute approximate surface area is 131 Å². The van der Waals surface area contributed by atoms with Gasteiger partial charge in [0.15, 0.2) is 6.20 Å². The van der Waals surface area contributed by atoms with Crippen molar-refractivity contribution < 1.29 is 13.1 Å². The van der Waals surface area contributed by atoms with Crippen LogP contribution in [0.4, 0.5) is 0 Å². The maximum atomic E-state index is 12.3. The molecule has 0 N–H and O–H groups in total. The zero-order valence-electron chi connectivity index (χ0n) is 13.1. The largest absolute Gasteiger partial charge is 0.618 e. The van der Waals surface area contributed by atoms with Crippen molar-refractivity contribution in [1.82, 2.24) is 0 Å². The maximum Gasteiger partial charge on any atom is 0.308 e. The van der Waals surface area contributed by atoms with Crippen LogP contribution in [0.25, 0.3) is 0 Å². The molecule has 5 heteroatoms. The van der Waals surface area contributed by atoms with E-state index in [4.69, 9.17) is 0 Å². The third kappa shape index (κ3) is 3.47. The fourth-order valence-corrected chi connectivity index (χ4v) is 3.60. The maximum absolute atomic E-state index is 12.3. The molecule has 2 aromatic rings. The lowest BCUT2D eigenvalue weighted by atomic mass is 9.82. The lowest BCUT2D eigenvalue weighted by molar-refractivity contribution is -0.646. The van der Waals surface area contributed by atoms with E-state index in [1.165, 1.54) is 23.9 Å². The predicted molar refractivity (Wildman–Crippen MR) is 86.1 cm³/mol. The molecule has 0 spiro atoms. The van der Waals surface area contributed by atoms with Gasteiger partial charge in [0, 0.05) is 12.1 Å². The van der Waals surface area contributed by atoms with Gasteiger partial charge in [0.05, 0.1) is 5.75 Å². The van der Waals surface area contributed by atoms with Crippen LogP contribution in [0.1, 0.15) is 38.3 Å². The molecule has 1 heterocycles. The summed E-state index contributed by atoms with van der Waals surface area (Å²) in [5, 5.41) is 11.4. The van der Waals surface area contributed by atoms with E-state index in [9.17, 15) is 13.6 Å². The molecule has 0 atom stereocenters. The average molecular weight is 319 g/mol. The molecule has 0 aliphatic carbocycles. The minimum atomic E-state index is -3.65. The Morgan fingerprint density at radius 2 is 1.73 bits per heavy atom. The summed E-state index contributed by atoms with van der Waals surface area (Å²) in [4.78, 5) is 0. The van der Waals surface area contributed by atoms with Gasteiger partial charge in [-0.25, -0.2) is 8.42 Å². The summed E-state index contributed by atoms with van der Waals surface area (Å²) in [7, 11) is -3.65. The Morgan fingerprint density at radius 1 is 1.09 bits per heavy atom. The number of aromatic nitrogens is 1. The van der Waals surface area contributed by atoms with Gasteiger partial charge in [-0.1, -0.05) is 45.0 Å². The van der Waals surface area contributed by atoms with Crippen LogP contribution in [-0.2, 0) is 21.0 Å². The first kappa shape index (κ1) is 16.5. The van der Waals surface area contributed by atoms with E-state index in [0.29, 0.717) is 10.3 Å². The van der Waals surface area contributed by atoms with Gasteiger partial charge in [-0.2, -0.15) is 4.73 Å². The number of pyridine rings is 1. The number of sulfone groups is 1. The molecule has 1 aromatic heterocycles. The second-order valence-corrected chi connectivity index (χ2v) is 7.99. The van der Waals surface area contributed by atoms with Crippen LogP contribution in [0.2, 0.25) is 0 Å². The van der Waals surface area contributed by atoms with Crippen molar-refractivity contribution in [3.8, 4) is 0 Å². The summed E-state index contributed by atoms with van der Waals surface area (Å²) in [6.07, 6.45) is 2.20. The van der Waals surface area contributed by atoms with Crippen molar-refractivity contribution in [2.45, 2.75) is 43.4 Å². The van der Waals surface area contributed by atoms with Gasteiger partial charge in [0.1, 0.15) is 0 Å². The number of hydrogen-bond donors (Lipinski definition) is 0. The van der Waals surface area contributed by atoms with Crippen LogP contribution in [0.15, 0.2) is 53.7 Å². The van der Waals surface area contributed by atoms with Crippen LogP contribution < -0.4 is 4.73 Å². The second-order valence-electron chi connectivity index (χ2n) is 6.06. The monoisotopic (exact) mass is 319 g/mol. The van der Waals surface area contributed by atoms with Crippen molar-refractivity contribution in [3.63, 3.8) is 0 Å². The van der Waals surface area contributed by atoms with E-state index in [1.54, 1.807) is 6.07 Å². The SMILES string of the molecule is CCC(C)(C)c1ccc(CS(=O)(=O)c2cccc[n+]2[O-])cc1. The lowest BCUT2D eigenvalue weighted by Crippen LogP contribution is -2.33. The Morgan fingerprint density at radius 3 is 2.27 bits per heavy atom. The molecule has 0 aliphatic heterocycles. The Bertz CT molecular complexity index is 750. The quantitative estimate of drug-likeness (QED) is 0.629. The Kier molecular flexibility index (Phi) is 4.56. The van der Waals surface area contributed by atoms with Gasteiger partial charge in [0.25, 0.3) is 0 Å².